The van der Waals surface area contributed by atoms with Gasteiger partial charge in [-0.25, -0.2) is 9.67 Å². The number of aromatic nitrogens is 3. The summed E-state index contributed by atoms with van der Waals surface area (Å²) in [6.07, 6.45) is 3.58. The van der Waals surface area contributed by atoms with Gasteiger partial charge in [-0.05, 0) is 38.3 Å². The molecular formula is C16H21N5O3. The van der Waals surface area contributed by atoms with Gasteiger partial charge in [0.2, 0.25) is 0 Å². The molecule has 0 amide bonds. The average molecular weight is 331 g/mol. The van der Waals surface area contributed by atoms with E-state index in [0.717, 1.165) is 30.8 Å². The number of benzene rings is 1. The van der Waals surface area contributed by atoms with Crippen molar-refractivity contribution in [3.8, 4) is 5.75 Å². The molecule has 1 aromatic carbocycles. The van der Waals surface area contributed by atoms with Crippen LogP contribution in [0.4, 0.5) is 5.69 Å². The van der Waals surface area contributed by atoms with Gasteiger partial charge >= 0.3 is 5.69 Å². The summed E-state index contributed by atoms with van der Waals surface area (Å²) in [5.41, 5.74) is 0.844. The van der Waals surface area contributed by atoms with Crippen molar-refractivity contribution < 1.29 is 9.66 Å². The molecule has 0 saturated heterocycles. The summed E-state index contributed by atoms with van der Waals surface area (Å²) in [5.74, 6) is 1.23. The lowest BCUT2D eigenvalue weighted by Crippen LogP contribution is -2.30. The van der Waals surface area contributed by atoms with Crippen LogP contribution in [-0.4, -0.2) is 26.3 Å². The lowest BCUT2D eigenvalue weighted by atomic mass is 10.0. The summed E-state index contributed by atoms with van der Waals surface area (Å²) in [7, 11) is 0. The molecule has 0 unspecified atom stereocenters. The molecule has 1 N–H and O–H groups in total. The maximum absolute atomic E-state index is 11.3. The van der Waals surface area contributed by atoms with Crippen LogP contribution in [0.25, 0.3) is 0 Å². The third-order valence-corrected chi connectivity index (χ3v) is 4.25. The average Bonchev–Trinajstić information content (AvgIpc) is 3.05. The van der Waals surface area contributed by atoms with E-state index in [9.17, 15) is 10.1 Å². The molecular weight excluding hydrogens is 310 g/mol. The number of hydrogen-bond acceptors (Lipinski definition) is 6. The molecule has 0 radical (unpaired) electrons. The van der Waals surface area contributed by atoms with Crippen LogP contribution in [0, 0.1) is 10.1 Å². The molecule has 128 valence electrons. The first-order valence-electron chi connectivity index (χ1n) is 8.15. The maximum atomic E-state index is 11.3. The highest BCUT2D eigenvalue weighted by Gasteiger charge is 2.25. The molecule has 0 saturated carbocycles. The minimum Gasteiger partial charge on any atom is -0.487 e. The number of ether oxygens (including phenoxy) is 1. The fourth-order valence-corrected chi connectivity index (χ4v) is 3.07. The summed E-state index contributed by atoms with van der Waals surface area (Å²) >= 11 is 0. The number of rotatable bonds is 6. The van der Waals surface area contributed by atoms with Crippen LogP contribution < -0.4 is 10.1 Å². The third-order valence-electron chi connectivity index (χ3n) is 4.25. The Balaban J connectivity index is 1.80. The van der Waals surface area contributed by atoms with Crippen LogP contribution in [0.3, 0.4) is 0 Å². The second kappa shape index (κ2) is 6.96. The molecule has 0 spiro atoms. The van der Waals surface area contributed by atoms with Crippen molar-refractivity contribution in [2.75, 3.05) is 6.61 Å². The number of hydrogen-bond donors (Lipinski definition) is 1. The van der Waals surface area contributed by atoms with Gasteiger partial charge in [0, 0.05) is 18.7 Å². The molecule has 0 aliphatic carbocycles. The number of nitro benzene ring substituents is 1. The van der Waals surface area contributed by atoms with E-state index in [0.29, 0.717) is 12.4 Å². The van der Waals surface area contributed by atoms with Gasteiger partial charge in [0.15, 0.2) is 5.75 Å². The van der Waals surface area contributed by atoms with E-state index >= 15 is 0 Å². The zero-order valence-corrected chi connectivity index (χ0v) is 13.8. The molecule has 0 fully saturated rings. The van der Waals surface area contributed by atoms with Gasteiger partial charge in [0.25, 0.3) is 0 Å². The van der Waals surface area contributed by atoms with Gasteiger partial charge in [0.1, 0.15) is 12.2 Å². The molecule has 8 heteroatoms. The van der Waals surface area contributed by atoms with E-state index in [1.807, 2.05) is 17.7 Å². The number of nitrogens with one attached hydrogen (secondary N) is 1. The second-order valence-corrected chi connectivity index (χ2v) is 5.84. The summed E-state index contributed by atoms with van der Waals surface area (Å²) in [6, 6.07) is 5.16. The van der Waals surface area contributed by atoms with E-state index < -0.39 is 4.92 Å². The molecule has 1 aliphatic heterocycles. The number of nitrogens with zero attached hydrogens (tertiary/aromatic N) is 4. The van der Waals surface area contributed by atoms with Gasteiger partial charge in [-0.2, -0.15) is 5.10 Å². The second-order valence-electron chi connectivity index (χ2n) is 5.84. The highest BCUT2D eigenvalue weighted by molar-refractivity contribution is 5.49. The van der Waals surface area contributed by atoms with Crippen molar-refractivity contribution >= 4 is 5.69 Å². The van der Waals surface area contributed by atoms with E-state index in [2.05, 4.69) is 15.4 Å². The van der Waals surface area contributed by atoms with Gasteiger partial charge in [0.05, 0.1) is 17.6 Å². The SMILES string of the molecule is CCOc1ccc([C@@H](C)N[C@@H]2CCCn3ncnc32)cc1[N+](=O)[O-]. The lowest BCUT2D eigenvalue weighted by molar-refractivity contribution is -0.385. The van der Waals surface area contributed by atoms with Crippen LogP contribution in [-0.2, 0) is 6.54 Å². The number of fused-ring (bicyclic) bond motifs is 1. The van der Waals surface area contributed by atoms with Crippen LogP contribution in [0.5, 0.6) is 5.75 Å². The fraction of sp³-hybridized carbons (Fsp3) is 0.500. The molecule has 0 bridgehead atoms. The summed E-state index contributed by atoms with van der Waals surface area (Å²) in [4.78, 5) is 15.2. The molecule has 3 rings (SSSR count). The van der Waals surface area contributed by atoms with Gasteiger partial charge in [-0.15, -0.1) is 0 Å². The molecule has 1 aromatic heterocycles. The highest BCUT2D eigenvalue weighted by Crippen LogP contribution is 2.32. The van der Waals surface area contributed by atoms with Gasteiger partial charge in [-0.3, -0.25) is 10.1 Å². The Hall–Kier alpha value is -2.48. The topological polar surface area (TPSA) is 95.1 Å². The van der Waals surface area contributed by atoms with Crippen LogP contribution >= 0.6 is 0 Å². The van der Waals surface area contributed by atoms with Crippen LogP contribution in [0.2, 0.25) is 0 Å². The molecule has 2 atom stereocenters. The van der Waals surface area contributed by atoms with Crippen molar-refractivity contribution in [3.05, 3.63) is 46.0 Å². The molecule has 2 heterocycles. The number of nitro groups is 1. The minimum absolute atomic E-state index is 0.00480. The quantitative estimate of drug-likeness (QED) is 0.646. The standard InChI is InChI=1S/C16H21N5O3/c1-3-24-15-7-6-12(9-14(15)21(22)23)11(2)19-13-5-4-8-20-16(13)17-10-18-20/h6-7,9-11,13,19H,3-5,8H2,1-2H3/t11-,13-/m1/s1. The fourth-order valence-electron chi connectivity index (χ4n) is 3.07. The smallest absolute Gasteiger partial charge is 0.311 e. The first-order chi connectivity index (χ1) is 11.6. The lowest BCUT2D eigenvalue weighted by Gasteiger charge is -2.26. The molecule has 1 aliphatic rings. The Kier molecular flexibility index (Phi) is 4.75. The summed E-state index contributed by atoms with van der Waals surface area (Å²) < 4.78 is 7.25. The highest BCUT2D eigenvalue weighted by atomic mass is 16.6. The number of aryl methyl sites for hydroxylation is 1. The van der Waals surface area contributed by atoms with Crippen LogP contribution in [0.15, 0.2) is 24.5 Å². The van der Waals surface area contributed by atoms with Gasteiger partial charge < -0.3 is 10.1 Å². The molecule has 24 heavy (non-hydrogen) atoms. The summed E-state index contributed by atoms with van der Waals surface area (Å²) in [6.45, 7) is 5.08. The monoisotopic (exact) mass is 331 g/mol. The van der Waals surface area contributed by atoms with Crippen molar-refractivity contribution in [1.82, 2.24) is 20.1 Å². The largest absolute Gasteiger partial charge is 0.487 e. The van der Waals surface area contributed by atoms with Crippen molar-refractivity contribution in [2.45, 2.75) is 45.3 Å². The van der Waals surface area contributed by atoms with E-state index in [4.69, 9.17) is 4.74 Å². The van der Waals surface area contributed by atoms with Crippen molar-refractivity contribution in [1.29, 1.82) is 0 Å². The van der Waals surface area contributed by atoms with Crippen molar-refractivity contribution in [3.63, 3.8) is 0 Å². The molecule has 8 nitrogen and oxygen atoms in total. The maximum Gasteiger partial charge on any atom is 0.311 e. The van der Waals surface area contributed by atoms with Gasteiger partial charge in [-0.1, -0.05) is 6.07 Å². The third kappa shape index (κ3) is 3.23. The van der Waals surface area contributed by atoms with E-state index in [1.165, 1.54) is 0 Å². The predicted octanol–water partition coefficient (Wildman–Crippen LogP) is 2.77. The van der Waals surface area contributed by atoms with Crippen LogP contribution in [0.1, 0.15) is 50.2 Å². The zero-order chi connectivity index (χ0) is 17.1. The van der Waals surface area contributed by atoms with Crippen molar-refractivity contribution in [2.24, 2.45) is 0 Å². The van der Waals surface area contributed by atoms with E-state index in [1.54, 1.807) is 25.4 Å². The Morgan fingerprint density at radius 1 is 1.54 bits per heavy atom. The Morgan fingerprint density at radius 2 is 2.38 bits per heavy atom. The Morgan fingerprint density at radius 3 is 3.12 bits per heavy atom. The minimum atomic E-state index is -0.404. The summed E-state index contributed by atoms with van der Waals surface area (Å²) in [5, 5.41) is 19.0. The first-order valence-corrected chi connectivity index (χ1v) is 8.15. The Labute approximate surface area is 140 Å². The zero-order valence-electron chi connectivity index (χ0n) is 13.8. The molecule has 2 aromatic rings. The predicted molar refractivity (Wildman–Crippen MR) is 87.8 cm³/mol. The normalized spacial score (nSPS) is 18.0. The van der Waals surface area contributed by atoms with E-state index in [-0.39, 0.29) is 17.8 Å². The first kappa shape index (κ1) is 16.4. The Bertz CT molecular complexity index is 730.